The zero-order valence-corrected chi connectivity index (χ0v) is 9.17. The van der Waals surface area contributed by atoms with Crippen molar-refractivity contribution in [3.05, 3.63) is 18.2 Å². The van der Waals surface area contributed by atoms with Crippen molar-refractivity contribution in [1.82, 2.24) is 9.97 Å². The third-order valence-corrected chi connectivity index (χ3v) is 3.12. The second-order valence-corrected chi connectivity index (χ2v) is 4.42. The molecule has 0 bridgehead atoms. The Morgan fingerprint density at radius 1 is 1.46 bits per heavy atom. The average molecular weight is 201 g/mol. The molecule has 2 unspecified atom stereocenters. The van der Waals surface area contributed by atoms with E-state index >= 15 is 0 Å². The average Bonchev–Trinajstić information content (AvgIpc) is 2.55. The summed E-state index contributed by atoms with van der Waals surface area (Å²) in [4.78, 5) is 7.22. The second-order valence-electron chi connectivity index (χ2n) is 3.86. The molecule has 1 rings (SSSR count). The molecule has 0 saturated carbocycles. The molecular formula is C10H17ClN2. The van der Waals surface area contributed by atoms with Crippen LogP contribution in [0.5, 0.6) is 0 Å². The van der Waals surface area contributed by atoms with E-state index in [2.05, 4.69) is 30.7 Å². The fourth-order valence-electron chi connectivity index (χ4n) is 1.20. The van der Waals surface area contributed by atoms with E-state index < -0.39 is 0 Å². The molecule has 2 nitrogen and oxygen atoms in total. The fraction of sp³-hybridized carbons (Fsp3) is 0.700. The number of alkyl halides is 1. The van der Waals surface area contributed by atoms with Gasteiger partial charge in [0.1, 0.15) is 5.82 Å². The summed E-state index contributed by atoms with van der Waals surface area (Å²) >= 11 is 6.26. The molecule has 0 aromatic carbocycles. The Balaban J connectivity index is 2.45. The van der Waals surface area contributed by atoms with Gasteiger partial charge in [0.2, 0.25) is 0 Å². The van der Waals surface area contributed by atoms with Crippen molar-refractivity contribution in [1.29, 1.82) is 0 Å². The van der Waals surface area contributed by atoms with Gasteiger partial charge in [-0.15, -0.1) is 11.6 Å². The minimum absolute atomic E-state index is 0.172. The highest BCUT2D eigenvalue weighted by Crippen LogP contribution is 2.21. The Labute approximate surface area is 84.7 Å². The maximum absolute atomic E-state index is 6.26. The molecule has 74 valence electrons. The number of hydrogen-bond acceptors (Lipinski definition) is 1. The van der Waals surface area contributed by atoms with Crippen LogP contribution in [0, 0.1) is 11.8 Å². The molecule has 3 heteroatoms. The van der Waals surface area contributed by atoms with Gasteiger partial charge in [-0.3, -0.25) is 0 Å². The molecule has 0 saturated heterocycles. The molecule has 1 heterocycles. The Morgan fingerprint density at radius 2 is 2.15 bits per heavy atom. The zero-order chi connectivity index (χ0) is 9.84. The number of halogens is 1. The van der Waals surface area contributed by atoms with Crippen molar-refractivity contribution in [2.45, 2.75) is 32.6 Å². The van der Waals surface area contributed by atoms with Crippen molar-refractivity contribution < 1.29 is 0 Å². The summed E-state index contributed by atoms with van der Waals surface area (Å²) in [5, 5.41) is 0.172. The summed E-state index contributed by atoms with van der Waals surface area (Å²) in [5.41, 5.74) is 0. The van der Waals surface area contributed by atoms with E-state index in [0.29, 0.717) is 11.8 Å². The quantitative estimate of drug-likeness (QED) is 0.744. The van der Waals surface area contributed by atoms with Crippen LogP contribution in [0.25, 0.3) is 0 Å². The molecular weight excluding hydrogens is 184 g/mol. The minimum Gasteiger partial charge on any atom is -0.349 e. The topological polar surface area (TPSA) is 28.7 Å². The molecule has 1 N–H and O–H groups in total. The molecule has 2 atom stereocenters. The van der Waals surface area contributed by atoms with Gasteiger partial charge in [0.15, 0.2) is 0 Å². The lowest BCUT2D eigenvalue weighted by Crippen LogP contribution is -2.20. The smallest absolute Gasteiger partial charge is 0.107 e. The van der Waals surface area contributed by atoms with E-state index in [9.17, 15) is 0 Å². The molecule has 13 heavy (non-hydrogen) atoms. The van der Waals surface area contributed by atoms with Crippen LogP contribution in [-0.2, 0) is 6.42 Å². The molecule has 0 aliphatic rings. The van der Waals surface area contributed by atoms with Crippen molar-refractivity contribution in [3.63, 3.8) is 0 Å². The number of aromatic amines is 1. The Kier molecular flexibility index (Phi) is 3.79. The van der Waals surface area contributed by atoms with Crippen LogP contribution in [0.4, 0.5) is 0 Å². The lowest BCUT2D eigenvalue weighted by Gasteiger charge is -2.20. The molecule has 0 radical (unpaired) electrons. The normalized spacial score (nSPS) is 16.1. The van der Waals surface area contributed by atoms with E-state index in [-0.39, 0.29) is 5.38 Å². The molecule has 0 aliphatic carbocycles. The standard InChI is InChI=1S/C10H17ClN2/c1-7(2)8(3)9(11)6-10-12-4-5-13-10/h4-5,7-9H,6H2,1-3H3,(H,12,13). The van der Waals surface area contributed by atoms with E-state index in [4.69, 9.17) is 11.6 Å². The molecule has 0 amide bonds. The zero-order valence-electron chi connectivity index (χ0n) is 8.42. The van der Waals surface area contributed by atoms with Crippen LogP contribution < -0.4 is 0 Å². The van der Waals surface area contributed by atoms with Gasteiger partial charge in [0.05, 0.1) is 0 Å². The number of hydrogen-bond donors (Lipinski definition) is 1. The van der Waals surface area contributed by atoms with Gasteiger partial charge in [0, 0.05) is 24.2 Å². The lowest BCUT2D eigenvalue weighted by atomic mass is 9.93. The largest absolute Gasteiger partial charge is 0.349 e. The van der Waals surface area contributed by atoms with Gasteiger partial charge in [-0.05, 0) is 11.8 Å². The number of H-pyrrole nitrogens is 1. The van der Waals surface area contributed by atoms with Crippen LogP contribution in [0.15, 0.2) is 12.4 Å². The number of rotatable bonds is 4. The van der Waals surface area contributed by atoms with Gasteiger partial charge in [-0.25, -0.2) is 4.98 Å². The first-order chi connectivity index (χ1) is 6.11. The highest BCUT2D eigenvalue weighted by atomic mass is 35.5. The number of nitrogens with zero attached hydrogens (tertiary/aromatic N) is 1. The number of imidazole rings is 1. The Morgan fingerprint density at radius 3 is 2.62 bits per heavy atom. The maximum atomic E-state index is 6.26. The van der Waals surface area contributed by atoms with E-state index in [1.165, 1.54) is 0 Å². The summed E-state index contributed by atoms with van der Waals surface area (Å²) < 4.78 is 0. The first-order valence-electron chi connectivity index (χ1n) is 4.73. The van der Waals surface area contributed by atoms with Gasteiger partial charge < -0.3 is 4.98 Å². The van der Waals surface area contributed by atoms with Crippen molar-refractivity contribution in [3.8, 4) is 0 Å². The van der Waals surface area contributed by atoms with Crippen LogP contribution in [0.2, 0.25) is 0 Å². The predicted molar refractivity (Wildman–Crippen MR) is 55.9 cm³/mol. The Hall–Kier alpha value is -0.500. The third-order valence-electron chi connectivity index (χ3n) is 2.57. The number of aromatic nitrogens is 2. The van der Waals surface area contributed by atoms with Crippen molar-refractivity contribution in [2.75, 3.05) is 0 Å². The summed E-state index contributed by atoms with van der Waals surface area (Å²) in [5.74, 6) is 2.12. The second kappa shape index (κ2) is 4.66. The summed E-state index contributed by atoms with van der Waals surface area (Å²) in [6, 6.07) is 0. The molecule has 1 aromatic heterocycles. The first kappa shape index (κ1) is 10.6. The SMILES string of the molecule is CC(C)C(C)C(Cl)Cc1ncc[nH]1. The van der Waals surface area contributed by atoms with E-state index in [0.717, 1.165) is 12.2 Å². The monoisotopic (exact) mass is 200 g/mol. The summed E-state index contributed by atoms with van der Waals surface area (Å²) in [7, 11) is 0. The van der Waals surface area contributed by atoms with Crippen LogP contribution in [0.3, 0.4) is 0 Å². The molecule has 0 spiro atoms. The predicted octanol–water partition coefficient (Wildman–Crippen LogP) is 2.85. The van der Waals surface area contributed by atoms with E-state index in [1.807, 2.05) is 6.20 Å². The molecule has 0 fully saturated rings. The highest BCUT2D eigenvalue weighted by molar-refractivity contribution is 6.20. The third kappa shape index (κ3) is 3.03. The first-order valence-corrected chi connectivity index (χ1v) is 5.17. The summed E-state index contributed by atoms with van der Waals surface area (Å²) in [6.45, 7) is 6.58. The molecule has 0 aliphatic heterocycles. The Bertz CT molecular complexity index is 231. The molecule has 1 aromatic rings. The van der Waals surface area contributed by atoms with Gasteiger partial charge in [-0.1, -0.05) is 20.8 Å². The maximum Gasteiger partial charge on any atom is 0.107 e. The van der Waals surface area contributed by atoms with Gasteiger partial charge in [0.25, 0.3) is 0 Å². The summed E-state index contributed by atoms with van der Waals surface area (Å²) in [6.07, 6.45) is 4.42. The van der Waals surface area contributed by atoms with E-state index in [1.54, 1.807) is 6.20 Å². The minimum atomic E-state index is 0.172. The number of nitrogens with one attached hydrogen (secondary N) is 1. The van der Waals surface area contributed by atoms with Crippen molar-refractivity contribution >= 4 is 11.6 Å². The lowest BCUT2D eigenvalue weighted by molar-refractivity contribution is 0.396. The van der Waals surface area contributed by atoms with Gasteiger partial charge >= 0.3 is 0 Å². The fourth-order valence-corrected chi connectivity index (χ4v) is 1.63. The van der Waals surface area contributed by atoms with Crippen LogP contribution >= 0.6 is 11.6 Å². The van der Waals surface area contributed by atoms with Crippen LogP contribution in [-0.4, -0.2) is 15.3 Å². The van der Waals surface area contributed by atoms with Gasteiger partial charge in [-0.2, -0.15) is 0 Å². The highest BCUT2D eigenvalue weighted by Gasteiger charge is 2.18. The van der Waals surface area contributed by atoms with Crippen LogP contribution in [0.1, 0.15) is 26.6 Å². The van der Waals surface area contributed by atoms with Crippen molar-refractivity contribution in [2.24, 2.45) is 11.8 Å².